The number of carbonyl (C=O) groups is 2. The number of nitrogens with zero attached hydrogens (tertiary/aromatic N) is 2. The summed E-state index contributed by atoms with van der Waals surface area (Å²) in [6, 6.07) is -0.0718. The second kappa shape index (κ2) is 5.16. The Labute approximate surface area is 109 Å². The highest BCUT2D eigenvalue weighted by atomic mass is 16.4. The third kappa shape index (κ3) is 2.76. The van der Waals surface area contributed by atoms with Gasteiger partial charge in [-0.25, -0.2) is 4.79 Å². The molecule has 104 valence electrons. The second-order valence-corrected chi connectivity index (χ2v) is 5.83. The van der Waals surface area contributed by atoms with E-state index in [0.29, 0.717) is 13.1 Å². The first-order valence-corrected chi connectivity index (χ1v) is 6.46. The molecule has 0 aromatic carbocycles. The van der Waals surface area contributed by atoms with E-state index in [1.54, 1.807) is 16.8 Å². The number of carbonyl (C=O) groups excluding carboxylic acids is 1. The molecule has 1 N–H and O–H groups in total. The number of amides is 2. The average molecular weight is 256 g/mol. The Balaban J connectivity index is 2.73. The summed E-state index contributed by atoms with van der Waals surface area (Å²) < 4.78 is 0. The Bertz CT molecular complexity index is 341. The molecule has 0 aromatic rings. The van der Waals surface area contributed by atoms with E-state index in [1.807, 2.05) is 27.7 Å². The maximum absolute atomic E-state index is 12.3. The molecule has 0 aromatic heterocycles. The first-order valence-electron chi connectivity index (χ1n) is 6.46. The number of carboxylic acids is 1. The fourth-order valence-electron chi connectivity index (χ4n) is 2.15. The highest BCUT2D eigenvalue weighted by molar-refractivity contribution is 5.78. The van der Waals surface area contributed by atoms with E-state index in [4.69, 9.17) is 5.11 Å². The molecule has 2 unspecified atom stereocenters. The molecule has 2 atom stereocenters. The van der Waals surface area contributed by atoms with Gasteiger partial charge in [0.1, 0.15) is 0 Å². The second-order valence-electron chi connectivity index (χ2n) is 5.83. The van der Waals surface area contributed by atoms with Crippen molar-refractivity contribution in [3.8, 4) is 0 Å². The van der Waals surface area contributed by atoms with E-state index < -0.39 is 11.9 Å². The van der Waals surface area contributed by atoms with Crippen LogP contribution in [-0.2, 0) is 4.79 Å². The lowest BCUT2D eigenvalue weighted by Crippen LogP contribution is -2.50. The molecule has 1 fully saturated rings. The molecular formula is C13H24N2O3. The van der Waals surface area contributed by atoms with Crippen LogP contribution in [0.5, 0.6) is 0 Å². The van der Waals surface area contributed by atoms with Crippen molar-refractivity contribution in [3.05, 3.63) is 0 Å². The largest absolute Gasteiger partial charge is 0.481 e. The molecule has 1 rings (SSSR count). The molecule has 2 amide bonds. The van der Waals surface area contributed by atoms with Crippen LogP contribution in [0, 0.1) is 11.8 Å². The van der Waals surface area contributed by atoms with Crippen molar-refractivity contribution in [2.75, 3.05) is 20.1 Å². The monoisotopic (exact) mass is 256 g/mol. The van der Waals surface area contributed by atoms with Gasteiger partial charge in [0.25, 0.3) is 0 Å². The summed E-state index contributed by atoms with van der Waals surface area (Å²) in [4.78, 5) is 26.7. The van der Waals surface area contributed by atoms with Crippen LogP contribution in [0.15, 0.2) is 0 Å². The minimum atomic E-state index is -0.810. The fourth-order valence-corrected chi connectivity index (χ4v) is 2.15. The molecule has 0 bridgehead atoms. The standard InChI is InChI=1S/C13H24N2O3/c1-6-13(3,4)14(5)12(18)15-7-9(2)10(8-15)11(16)17/h9-10H,6-8H2,1-5H3,(H,16,17). The molecule has 0 radical (unpaired) electrons. The third-order valence-electron chi connectivity index (χ3n) is 4.26. The molecule has 5 nitrogen and oxygen atoms in total. The predicted molar refractivity (Wildman–Crippen MR) is 69.4 cm³/mol. The molecule has 1 aliphatic heterocycles. The van der Waals surface area contributed by atoms with Gasteiger partial charge in [-0.15, -0.1) is 0 Å². The molecule has 0 spiro atoms. The summed E-state index contributed by atoms with van der Waals surface area (Å²) in [5.41, 5.74) is -0.207. The Hall–Kier alpha value is -1.26. The number of hydrogen-bond donors (Lipinski definition) is 1. The van der Waals surface area contributed by atoms with E-state index in [-0.39, 0.29) is 17.5 Å². The molecule has 0 aliphatic carbocycles. The Morgan fingerprint density at radius 3 is 2.33 bits per heavy atom. The van der Waals surface area contributed by atoms with Crippen molar-refractivity contribution in [2.45, 2.75) is 39.7 Å². The highest BCUT2D eigenvalue weighted by Crippen LogP contribution is 2.26. The summed E-state index contributed by atoms with van der Waals surface area (Å²) in [6.45, 7) is 8.80. The summed E-state index contributed by atoms with van der Waals surface area (Å²) in [6.07, 6.45) is 0.862. The van der Waals surface area contributed by atoms with Crippen molar-refractivity contribution in [1.82, 2.24) is 9.80 Å². The van der Waals surface area contributed by atoms with Crippen LogP contribution in [0.4, 0.5) is 4.79 Å². The Morgan fingerprint density at radius 1 is 1.39 bits per heavy atom. The first-order chi connectivity index (χ1) is 8.20. The zero-order valence-corrected chi connectivity index (χ0v) is 11.9. The summed E-state index contributed by atoms with van der Waals surface area (Å²) in [5.74, 6) is -1.23. The quantitative estimate of drug-likeness (QED) is 0.838. The van der Waals surface area contributed by atoms with E-state index in [1.165, 1.54) is 0 Å². The number of carboxylic acid groups (broad SMARTS) is 1. The van der Waals surface area contributed by atoms with Gasteiger partial charge in [0.05, 0.1) is 5.92 Å². The van der Waals surface area contributed by atoms with E-state index >= 15 is 0 Å². The van der Waals surface area contributed by atoms with Crippen molar-refractivity contribution >= 4 is 12.0 Å². The number of urea groups is 1. The maximum Gasteiger partial charge on any atom is 0.320 e. The smallest absolute Gasteiger partial charge is 0.320 e. The first kappa shape index (κ1) is 14.8. The lowest BCUT2D eigenvalue weighted by molar-refractivity contribution is -0.142. The van der Waals surface area contributed by atoms with Gasteiger partial charge < -0.3 is 14.9 Å². The van der Waals surface area contributed by atoms with Crippen LogP contribution in [-0.4, -0.2) is 52.6 Å². The van der Waals surface area contributed by atoms with Crippen LogP contribution in [0.1, 0.15) is 34.1 Å². The van der Waals surface area contributed by atoms with Crippen LogP contribution in [0.2, 0.25) is 0 Å². The predicted octanol–water partition coefficient (Wildman–Crippen LogP) is 1.88. The van der Waals surface area contributed by atoms with E-state index in [0.717, 1.165) is 6.42 Å². The van der Waals surface area contributed by atoms with Gasteiger partial charge in [0, 0.05) is 25.7 Å². The summed E-state index contributed by atoms with van der Waals surface area (Å²) >= 11 is 0. The Kier molecular flexibility index (Phi) is 4.24. The van der Waals surface area contributed by atoms with Crippen molar-refractivity contribution in [1.29, 1.82) is 0 Å². The molecule has 18 heavy (non-hydrogen) atoms. The van der Waals surface area contributed by atoms with Gasteiger partial charge in [0.15, 0.2) is 0 Å². The van der Waals surface area contributed by atoms with Crippen LogP contribution in [0.25, 0.3) is 0 Å². The minimum absolute atomic E-state index is 0.0181. The molecule has 5 heteroatoms. The van der Waals surface area contributed by atoms with Crippen LogP contribution in [0.3, 0.4) is 0 Å². The lowest BCUT2D eigenvalue weighted by atomic mass is 9.99. The molecular weight excluding hydrogens is 232 g/mol. The fraction of sp³-hybridized carbons (Fsp3) is 0.846. The van der Waals surface area contributed by atoms with Crippen molar-refractivity contribution in [2.24, 2.45) is 11.8 Å². The topological polar surface area (TPSA) is 60.9 Å². The van der Waals surface area contributed by atoms with Gasteiger partial charge in [-0.3, -0.25) is 4.79 Å². The minimum Gasteiger partial charge on any atom is -0.481 e. The average Bonchev–Trinajstić information content (AvgIpc) is 2.69. The number of likely N-dealkylation sites (tertiary alicyclic amines) is 1. The third-order valence-corrected chi connectivity index (χ3v) is 4.26. The SMILES string of the molecule is CCC(C)(C)N(C)C(=O)N1CC(C)C(C(=O)O)C1. The van der Waals surface area contributed by atoms with Gasteiger partial charge >= 0.3 is 12.0 Å². The van der Waals surface area contributed by atoms with Gasteiger partial charge in [0.2, 0.25) is 0 Å². The maximum atomic E-state index is 12.3. The summed E-state index contributed by atoms with van der Waals surface area (Å²) in [7, 11) is 1.78. The van der Waals surface area contributed by atoms with Gasteiger partial charge in [-0.05, 0) is 26.2 Å². The molecule has 1 heterocycles. The van der Waals surface area contributed by atoms with E-state index in [9.17, 15) is 9.59 Å². The van der Waals surface area contributed by atoms with Gasteiger partial charge in [-0.1, -0.05) is 13.8 Å². The van der Waals surface area contributed by atoms with Crippen molar-refractivity contribution < 1.29 is 14.7 Å². The Morgan fingerprint density at radius 2 is 1.94 bits per heavy atom. The molecule has 0 saturated carbocycles. The van der Waals surface area contributed by atoms with Crippen molar-refractivity contribution in [3.63, 3.8) is 0 Å². The zero-order valence-electron chi connectivity index (χ0n) is 11.9. The van der Waals surface area contributed by atoms with E-state index in [2.05, 4.69) is 0 Å². The van der Waals surface area contributed by atoms with Gasteiger partial charge in [-0.2, -0.15) is 0 Å². The number of hydrogen-bond acceptors (Lipinski definition) is 2. The zero-order chi connectivity index (χ0) is 14.1. The molecule has 1 saturated heterocycles. The summed E-state index contributed by atoms with van der Waals surface area (Å²) in [5, 5.41) is 9.08. The number of aliphatic carboxylic acids is 1. The molecule has 1 aliphatic rings. The number of rotatable bonds is 3. The van der Waals surface area contributed by atoms with Crippen LogP contribution < -0.4 is 0 Å². The van der Waals surface area contributed by atoms with Crippen LogP contribution >= 0.6 is 0 Å². The normalized spacial score (nSPS) is 24.2. The lowest BCUT2D eigenvalue weighted by Gasteiger charge is -2.37. The highest BCUT2D eigenvalue weighted by Gasteiger charge is 2.39.